The molecule has 1 heterocycles. The third-order valence-corrected chi connectivity index (χ3v) is 3.68. The van der Waals surface area contributed by atoms with Gasteiger partial charge in [-0.1, -0.05) is 6.07 Å². The fraction of sp³-hybridized carbons (Fsp3) is 0.235. The summed E-state index contributed by atoms with van der Waals surface area (Å²) in [5.74, 6) is 1.65. The molecule has 1 amide bonds. The number of hydrogen-bond donors (Lipinski definition) is 2. The molecule has 0 fully saturated rings. The Hall–Kier alpha value is -2.89. The monoisotopic (exact) mass is 315 g/mol. The van der Waals surface area contributed by atoms with Crippen LogP contribution >= 0.6 is 0 Å². The molecular formula is C17H17NO5. The lowest BCUT2D eigenvalue weighted by atomic mass is 10.0. The van der Waals surface area contributed by atoms with Crippen LogP contribution in [0.2, 0.25) is 0 Å². The van der Waals surface area contributed by atoms with E-state index in [4.69, 9.17) is 14.2 Å². The maximum Gasteiger partial charge on any atom is 0.265 e. The number of methoxy groups -OCH3 is 2. The fourth-order valence-electron chi connectivity index (χ4n) is 2.49. The van der Waals surface area contributed by atoms with Crippen molar-refractivity contribution in [3.05, 3.63) is 42.0 Å². The second-order valence-electron chi connectivity index (χ2n) is 5.16. The largest absolute Gasteiger partial charge is 0.508 e. The highest BCUT2D eigenvalue weighted by Crippen LogP contribution is 2.34. The lowest BCUT2D eigenvalue weighted by Gasteiger charge is -2.26. The number of fused-ring (bicyclic) bond motifs is 1. The molecular weight excluding hydrogens is 298 g/mol. The molecule has 0 saturated carbocycles. The summed E-state index contributed by atoms with van der Waals surface area (Å²) in [6.45, 7) is 0. The molecule has 0 saturated heterocycles. The number of anilines is 1. The van der Waals surface area contributed by atoms with Gasteiger partial charge in [0, 0.05) is 18.6 Å². The van der Waals surface area contributed by atoms with Crippen LogP contribution in [0.3, 0.4) is 0 Å². The molecule has 2 N–H and O–H groups in total. The third kappa shape index (κ3) is 3.01. The molecule has 1 aliphatic rings. The summed E-state index contributed by atoms with van der Waals surface area (Å²) < 4.78 is 16.3. The van der Waals surface area contributed by atoms with Crippen molar-refractivity contribution >= 4 is 11.6 Å². The standard InChI is InChI=1S/C17H17NO5/c1-21-12-5-3-10(15(9-12)22-2)7-16-17(20)18-13-8-11(19)4-6-14(13)23-16/h3-6,8-9,16,19H,7H2,1-2H3,(H,18,20). The Balaban J connectivity index is 1.83. The van der Waals surface area contributed by atoms with Crippen LogP contribution in [0.5, 0.6) is 23.0 Å². The minimum absolute atomic E-state index is 0.0722. The highest BCUT2D eigenvalue weighted by molar-refractivity contribution is 5.98. The van der Waals surface area contributed by atoms with Gasteiger partial charge in [0.1, 0.15) is 23.0 Å². The van der Waals surface area contributed by atoms with Crippen LogP contribution in [-0.4, -0.2) is 31.3 Å². The van der Waals surface area contributed by atoms with E-state index in [9.17, 15) is 9.90 Å². The number of benzene rings is 2. The van der Waals surface area contributed by atoms with E-state index >= 15 is 0 Å². The fourth-order valence-corrected chi connectivity index (χ4v) is 2.49. The van der Waals surface area contributed by atoms with Gasteiger partial charge in [-0.25, -0.2) is 0 Å². The van der Waals surface area contributed by atoms with E-state index in [1.165, 1.54) is 12.1 Å². The number of carbonyl (C=O) groups is 1. The number of hydrogen-bond acceptors (Lipinski definition) is 5. The van der Waals surface area contributed by atoms with Crippen LogP contribution in [0.25, 0.3) is 0 Å². The molecule has 2 aromatic carbocycles. The summed E-state index contributed by atoms with van der Waals surface area (Å²) in [6.07, 6.45) is -0.311. The highest BCUT2D eigenvalue weighted by atomic mass is 16.5. The van der Waals surface area contributed by atoms with Gasteiger partial charge in [0.15, 0.2) is 6.10 Å². The molecule has 6 heteroatoms. The molecule has 3 rings (SSSR count). The van der Waals surface area contributed by atoms with E-state index in [0.29, 0.717) is 29.4 Å². The number of phenols is 1. The first kappa shape index (κ1) is 15.0. The highest BCUT2D eigenvalue weighted by Gasteiger charge is 2.29. The average molecular weight is 315 g/mol. The maximum absolute atomic E-state index is 12.2. The summed E-state index contributed by atoms with van der Waals surface area (Å²) >= 11 is 0. The Kier molecular flexibility index (Phi) is 3.97. The first-order chi connectivity index (χ1) is 11.1. The van der Waals surface area contributed by atoms with Gasteiger partial charge < -0.3 is 24.6 Å². The summed E-state index contributed by atoms with van der Waals surface area (Å²) in [4.78, 5) is 12.2. The first-order valence-electron chi connectivity index (χ1n) is 7.12. The van der Waals surface area contributed by atoms with E-state index < -0.39 is 6.10 Å². The number of phenolic OH excluding ortho intramolecular Hbond substituents is 1. The van der Waals surface area contributed by atoms with Crippen molar-refractivity contribution < 1.29 is 24.1 Å². The SMILES string of the molecule is COc1ccc(CC2Oc3ccc(O)cc3NC2=O)c(OC)c1. The van der Waals surface area contributed by atoms with Crippen molar-refractivity contribution in [2.24, 2.45) is 0 Å². The lowest BCUT2D eigenvalue weighted by Crippen LogP contribution is -2.38. The predicted octanol–water partition coefficient (Wildman–Crippen LogP) is 2.35. The molecule has 120 valence electrons. The van der Waals surface area contributed by atoms with Gasteiger partial charge in [0.05, 0.1) is 19.9 Å². The lowest BCUT2D eigenvalue weighted by molar-refractivity contribution is -0.123. The van der Waals surface area contributed by atoms with Crippen molar-refractivity contribution in [2.45, 2.75) is 12.5 Å². The molecule has 0 aliphatic carbocycles. The maximum atomic E-state index is 12.2. The molecule has 0 spiro atoms. The minimum atomic E-state index is -0.672. The summed E-state index contributed by atoms with van der Waals surface area (Å²) in [5, 5.41) is 12.2. The second kappa shape index (κ2) is 6.08. The summed E-state index contributed by atoms with van der Waals surface area (Å²) in [5.41, 5.74) is 1.31. The minimum Gasteiger partial charge on any atom is -0.508 e. The van der Waals surface area contributed by atoms with Crippen molar-refractivity contribution in [1.29, 1.82) is 0 Å². The number of nitrogens with one attached hydrogen (secondary N) is 1. The number of carbonyl (C=O) groups excluding carboxylic acids is 1. The Labute approximate surface area is 133 Å². The zero-order valence-electron chi connectivity index (χ0n) is 12.8. The molecule has 0 bridgehead atoms. The average Bonchev–Trinajstić information content (AvgIpc) is 2.56. The van der Waals surface area contributed by atoms with Gasteiger partial charge in [0.2, 0.25) is 0 Å². The quantitative estimate of drug-likeness (QED) is 0.905. The van der Waals surface area contributed by atoms with E-state index in [0.717, 1.165) is 5.56 Å². The molecule has 23 heavy (non-hydrogen) atoms. The Morgan fingerprint density at radius 2 is 2.00 bits per heavy atom. The number of rotatable bonds is 4. The molecule has 2 aromatic rings. The Morgan fingerprint density at radius 3 is 2.74 bits per heavy atom. The van der Waals surface area contributed by atoms with Gasteiger partial charge in [-0.05, 0) is 23.8 Å². The molecule has 6 nitrogen and oxygen atoms in total. The van der Waals surface area contributed by atoms with Gasteiger partial charge >= 0.3 is 0 Å². The smallest absolute Gasteiger partial charge is 0.265 e. The van der Waals surface area contributed by atoms with Crippen molar-refractivity contribution in [3.8, 4) is 23.0 Å². The molecule has 1 atom stereocenters. The van der Waals surface area contributed by atoms with Crippen molar-refractivity contribution in [2.75, 3.05) is 19.5 Å². The van der Waals surface area contributed by atoms with E-state index in [1.807, 2.05) is 12.1 Å². The van der Waals surface area contributed by atoms with Gasteiger partial charge in [-0.3, -0.25) is 4.79 Å². The van der Waals surface area contributed by atoms with Crippen LogP contribution < -0.4 is 19.5 Å². The van der Waals surface area contributed by atoms with Crippen molar-refractivity contribution in [3.63, 3.8) is 0 Å². The van der Waals surface area contributed by atoms with E-state index in [-0.39, 0.29) is 11.7 Å². The molecule has 0 radical (unpaired) electrons. The van der Waals surface area contributed by atoms with Crippen molar-refractivity contribution in [1.82, 2.24) is 0 Å². The zero-order valence-corrected chi connectivity index (χ0v) is 12.8. The summed E-state index contributed by atoms with van der Waals surface area (Å²) in [7, 11) is 3.15. The Bertz CT molecular complexity index is 744. The van der Waals surface area contributed by atoms with Crippen LogP contribution in [0.4, 0.5) is 5.69 Å². The van der Waals surface area contributed by atoms with Gasteiger partial charge in [-0.2, -0.15) is 0 Å². The number of aromatic hydroxyl groups is 1. The van der Waals surface area contributed by atoms with Gasteiger partial charge in [-0.15, -0.1) is 0 Å². The zero-order chi connectivity index (χ0) is 16.4. The molecule has 1 aliphatic heterocycles. The topological polar surface area (TPSA) is 77.0 Å². The van der Waals surface area contributed by atoms with Crippen LogP contribution in [-0.2, 0) is 11.2 Å². The van der Waals surface area contributed by atoms with Gasteiger partial charge in [0.25, 0.3) is 5.91 Å². The Morgan fingerprint density at radius 1 is 1.17 bits per heavy atom. The van der Waals surface area contributed by atoms with E-state index in [1.54, 1.807) is 26.4 Å². The molecule has 1 unspecified atom stereocenters. The number of ether oxygens (including phenoxy) is 3. The first-order valence-corrected chi connectivity index (χ1v) is 7.12. The second-order valence-corrected chi connectivity index (χ2v) is 5.16. The molecule has 0 aromatic heterocycles. The predicted molar refractivity (Wildman–Crippen MR) is 84.4 cm³/mol. The normalized spacial score (nSPS) is 16.1. The number of amides is 1. The van der Waals surface area contributed by atoms with E-state index in [2.05, 4.69) is 5.32 Å². The summed E-state index contributed by atoms with van der Waals surface area (Å²) in [6, 6.07) is 10.0. The van der Waals surface area contributed by atoms with Crippen LogP contribution in [0.1, 0.15) is 5.56 Å². The van der Waals surface area contributed by atoms with Crippen LogP contribution in [0.15, 0.2) is 36.4 Å². The third-order valence-electron chi connectivity index (χ3n) is 3.68. The van der Waals surface area contributed by atoms with Crippen LogP contribution in [0, 0.1) is 0 Å².